The minimum atomic E-state index is -0.430. The van der Waals surface area contributed by atoms with Crippen molar-refractivity contribution in [1.29, 1.82) is 0 Å². The van der Waals surface area contributed by atoms with E-state index in [0.29, 0.717) is 26.2 Å². The lowest BCUT2D eigenvalue weighted by Gasteiger charge is -2.07. The summed E-state index contributed by atoms with van der Waals surface area (Å²) >= 11 is 0. The van der Waals surface area contributed by atoms with Crippen molar-refractivity contribution in [2.75, 3.05) is 40.1 Å². The Morgan fingerprint density at radius 1 is 0.645 bits per heavy atom. The van der Waals surface area contributed by atoms with Gasteiger partial charge in [0, 0.05) is 13.5 Å². The monoisotopic (exact) mass is 443 g/mol. The molecule has 6 heteroatoms. The molecule has 0 aromatic carbocycles. The third-order valence-corrected chi connectivity index (χ3v) is 5.36. The van der Waals surface area contributed by atoms with Crippen molar-refractivity contribution in [2.24, 2.45) is 0 Å². The second kappa shape index (κ2) is 25.1. The summed E-state index contributed by atoms with van der Waals surface area (Å²) in [7, 11) is 1.60. The highest BCUT2D eigenvalue weighted by atomic mass is 16.6. The summed E-state index contributed by atoms with van der Waals surface area (Å²) in [5, 5.41) is 2.62. The van der Waals surface area contributed by atoms with Gasteiger partial charge in [0.2, 0.25) is 5.91 Å². The number of hydrogen-bond donors (Lipinski definition) is 1. The zero-order valence-corrected chi connectivity index (χ0v) is 20.4. The van der Waals surface area contributed by atoms with Gasteiger partial charge in [0.1, 0.15) is 13.2 Å². The van der Waals surface area contributed by atoms with E-state index in [0.717, 1.165) is 12.8 Å². The SMILES string of the molecule is CCCCCCCCCCCCCCCCCC(=O)NCC(=O)OCCOCCOC. The van der Waals surface area contributed by atoms with Crippen LogP contribution in [-0.4, -0.2) is 52.0 Å². The van der Waals surface area contributed by atoms with Gasteiger partial charge in [-0.2, -0.15) is 0 Å². The van der Waals surface area contributed by atoms with Gasteiger partial charge in [-0.1, -0.05) is 96.8 Å². The van der Waals surface area contributed by atoms with Gasteiger partial charge in [0.05, 0.1) is 19.8 Å². The standard InChI is InChI=1S/C25H49NO5/c1-3-4-5-6-7-8-9-10-11-12-13-14-15-16-17-18-24(27)26-23-25(28)31-22-21-30-20-19-29-2/h3-23H2,1-2H3,(H,26,27). The number of carbonyl (C=O) groups is 2. The number of carbonyl (C=O) groups excluding carboxylic acids is 2. The highest BCUT2D eigenvalue weighted by molar-refractivity contribution is 5.81. The number of nitrogens with one attached hydrogen (secondary N) is 1. The van der Waals surface area contributed by atoms with Crippen molar-refractivity contribution in [3.63, 3.8) is 0 Å². The summed E-state index contributed by atoms with van der Waals surface area (Å²) in [6.45, 7) is 3.71. The van der Waals surface area contributed by atoms with E-state index in [9.17, 15) is 9.59 Å². The smallest absolute Gasteiger partial charge is 0.325 e. The molecule has 0 saturated heterocycles. The second-order valence-electron chi connectivity index (χ2n) is 8.30. The van der Waals surface area contributed by atoms with E-state index in [1.807, 2.05) is 0 Å². The molecule has 0 aliphatic heterocycles. The van der Waals surface area contributed by atoms with Crippen LogP contribution in [0.3, 0.4) is 0 Å². The number of esters is 1. The van der Waals surface area contributed by atoms with E-state index in [1.54, 1.807) is 7.11 Å². The number of methoxy groups -OCH3 is 1. The second-order valence-corrected chi connectivity index (χ2v) is 8.30. The fourth-order valence-corrected chi connectivity index (χ4v) is 3.43. The number of hydrogen-bond acceptors (Lipinski definition) is 5. The van der Waals surface area contributed by atoms with Crippen LogP contribution in [0.1, 0.15) is 110 Å². The molecule has 0 radical (unpaired) electrons. The van der Waals surface area contributed by atoms with E-state index in [4.69, 9.17) is 14.2 Å². The normalized spacial score (nSPS) is 10.9. The molecule has 6 nitrogen and oxygen atoms in total. The average molecular weight is 444 g/mol. The summed E-state index contributed by atoms with van der Waals surface area (Å²) in [6.07, 6.45) is 20.1. The molecular weight excluding hydrogens is 394 g/mol. The molecule has 0 atom stereocenters. The van der Waals surface area contributed by atoms with Crippen molar-refractivity contribution in [2.45, 2.75) is 110 Å². The molecule has 0 heterocycles. The molecule has 1 amide bonds. The maximum absolute atomic E-state index is 11.8. The molecular formula is C25H49NO5. The molecule has 0 aromatic rings. The number of rotatable bonds is 24. The third-order valence-electron chi connectivity index (χ3n) is 5.36. The van der Waals surface area contributed by atoms with Gasteiger partial charge in [-0.15, -0.1) is 0 Å². The van der Waals surface area contributed by atoms with Crippen LogP contribution in [0.2, 0.25) is 0 Å². The van der Waals surface area contributed by atoms with Gasteiger partial charge in [0.15, 0.2) is 0 Å². The number of unbranched alkanes of at least 4 members (excludes halogenated alkanes) is 14. The molecule has 31 heavy (non-hydrogen) atoms. The predicted molar refractivity (Wildman–Crippen MR) is 126 cm³/mol. The van der Waals surface area contributed by atoms with E-state index >= 15 is 0 Å². The maximum atomic E-state index is 11.8. The molecule has 0 fully saturated rings. The van der Waals surface area contributed by atoms with Gasteiger partial charge in [0.25, 0.3) is 0 Å². The molecule has 0 bridgehead atoms. The van der Waals surface area contributed by atoms with Crippen molar-refractivity contribution in [1.82, 2.24) is 5.32 Å². The first-order valence-corrected chi connectivity index (χ1v) is 12.7. The minimum Gasteiger partial charge on any atom is -0.462 e. The maximum Gasteiger partial charge on any atom is 0.325 e. The lowest BCUT2D eigenvalue weighted by atomic mass is 10.0. The summed E-state index contributed by atoms with van der Waals surface area (Å²) in [4.78, 5) is 23.3. The van der Waals surface area contributed by atoms with Gasteiger partial charge in [-0.3, -0.25) is 9.59 Å². The van der Waals surface area contributed by atoms with Crippen LogP contribution in [0.15, 0.2) is 0 Å². The van der Waals surface area contributed by atoms with Crippen LogP contribution in [0.5, 0.6) is 0 Å². The summed E-state index contributed by atoms with van der Waals surface area (Å²) < 4.78 is 15.0. The molecule has 0 unspecified atom stereocenters. The zero-order valence-electron chi connectivity index (χ0n) is 20.4. The Kier molecular flexibility index (Phi) is 24.2. The van der Waals surface area contributed by atoms with Crippen LogP contribution < -0.4 is 5.32 Å². The molecule has 184 valence electrons. The zero-order chi connectivity index (χ0) is 22.8. The highest BCUT2D eigenvalue weighted by Gasteiger charge is 2.06. The molecule has 0 aliphatic rings. The van der Waals surface area contributed by atoms with Gasteiger partial charge in [-0.25, -0.2) is 0 Å². The predicted octanol–water partition coefficient (Wildman–Crippen LogP) is 5.57. The molecule has 0 rings (SSSR count). The van der Waals surface area contributed by atoms with Crippen LogP contribution in [0, 0.1) is 0 Å². The Balaban J connectivity index is 3.26. The van der Waals surface area contributed by atoms with Crippen molar-refractivity contribution in [3.05, 3.63) is 0 Å². The van der Waals surface area contributed by atoms with Gasteiger partial charge in [-0.05, 0) is 6.42 Å². The first-order chi connectivity index (χ1) is 15.2. The lowest BCUT2D eigenvalue weighted by molar-refractivity contribution is -0.145. The molecule has 0 saturated carbocycles. The molecule has 0 spiro atoms. The first-order valence-electron chi connectivity index (χ1n) is 12.7. The fraction of sp³-hybridized carbons (Fsp3) is 0.920. The van der Waals surface area contributed by atoms with E-state index in [2.05, 4.69) is 12.2 Å². The van der Waals surface area contributed by atoms with E-state index in [1.165, 1.54) is 83.5 Å². The lowest BCUT2D eigenvalue weighted by Crippen LogP contribution is -2.31. The number of ether oxygens (including phenoxy) is 3. The summed E-state index contributed by atoms with van der Waals surface area (Å²) in [6, 6.07) is 0. The van der Waals surface area contributed by atoms with Crippen molar-refractivity contribution < 1.29 is 23.8 Å². The Morgan fingerprint density at radius 3 is 1.65 bits per heavy atom. The fourth-order valence-electron chi connectivity index (χ4n) is 3.43. The van der Waals surface area contributed by atoms with Crippen LogP contribution in [-0.2, 0) is 23.8 Å². The third kappa shape index (κ3) is 25.0. The first kappa shape index (κ1) is 29.9. The summed E-state index contributed by atoms with van der Waals surface area (Å²) in [5.74, 6) is -0.511. The van der Waals surface area contributed by atoms with Gasteiger partial charge < -0.3 is 19.5 Å². The van der Waals surface area contributed by atoms with Crippen LogP contribution in [0.25, 0.3) is 0 Å². The molecule has 1 N–H and O–H groups in total. The summed E-state index contributed by atoms with van der Waals surface area (Å²) in [5.41, 5.74) is 0. The Hall–Kier alpha value is -1.14. The van der Waals surface area contributed by atoms with Crippen LogP contribution >= 0.6 is 0 Å². The Labute approximate surface area is 191 Å². The van der Waals surface area contributed by atoms with Crippen LogP contribution in [0.4, 0.5) is 0 Å². The number of amides is 1. The average Bonchev–Trinajstić information content (AvgIpc) is 2.77. The Morgan fingerprint density at radius 2 is 1.13 bits per heavy atom. The van der Waals surface area contributed by atoms with E-state index < -0.39 is 5.97 Å². The van der Waals surface area contributed by atoms with Crippen molar-refractivity contribution in [3.8, 4) is 0 Å². The quantitative estimate of drug-likeness (QED) is 0.156. The molecule has 0 aromatic heterocycles. The van der Waals surface area contributed by atoms with Gasteiger partial charge >= 0.3 is 5.97 Å². The van der Waals surface area contributed by atoms with E-state index in [-0.39, 0.29) is 19.1 Å². The highest BCUT2D eigenvalue weighted by Crippen LogP contribution is 2.13. The largest absolute Gasteiger partial charge is 0.462 e. The topological polar surface area (TPSA) is 73.9 Å². The molecule has 0 aliphatic carbocycles. The Bertz CT molecular complexity index is 403. The minimum absolute atomic E-state index is 0.0738. The van der Waals surface area contributed by atoms with Crippen molar-refractivity contribution >= 4 is 11.9 Å².